The molecule has 2 aromatic rings. The van der Waals surface area contributed by atoms with Crippen molar-refractivity contribution in [1.82, 2.24) is 15.0 Å². The second kappa shape index (κ2) is 5.90. The molecule has 1 heterocycles. The number of amides is 1. The minimum absolute atomic E-state index is 0.173. The van der Waals surface area contributed by atoms with E-state index in [4.69, 9.17) is 23.2 Å². The standard InChI is InChI=1S/C11H7Cl2F3N4O/c12-4-10(21)17-7-3-6(13)1-2-8(7)20-5-9(18-19-20)11(14,15)16/h1-3,5H,4H2,(H,17,21). The van der Waals surface area contributed by atoms with Gasteiger partial charge in [-0.05, 0) is 18.2 Å². The van der Waals surface area contributed by atoms with Gasteiger partial charge in [0.05, 0.1) is 17.6 Å². The lowest BCUT2D eigenvalue weighted by atomic mass is 10.2. The first-order valence-corrected chi connectivity index (χ1v) is 6.38. The Kier molecular flexibility index (Phi) is 4.38. The van der Waals surface area contributed by atoms with Crippen molar-refractivity contribution in [3.8, 4) is 5.69 Å². The molecule has 1 N–H and O–H groups in total. The van der Waals surface area contributed by atoms with Crippen LogP contribution in [0, 0.1) is 0 Å². The van der Waals surface area contributed by atoms with E-state index in [-0.39, 0.29) is 17.3 Å². The van der Waals surface area contributed by atoms with Gasteiger partial charge < -0.3 is 5.32 Å². The highest BCUT2D eigenvalue weighted by Gasteiger charge is 2.34. The molecule has 0 atom stereocenters. The van der Waals surface area contributed by atoms with Gasteiger partial charge in [0.25, 0.3) is 0 Å². The quantitative estimate of drug-likeness (QED) is 0.874. The third-order valence-corrected chi connectivity index (χ3v) is 2.86. The fraction of sp³-hybridized carbons (Fsp3) is 0.182. The van der Waals surface area contributed by atoms with Gasteiger partial charge in [0.2, 0.25) is 5.91 Å². The van der Waals surface area contributed by atoms with Gasteiger partial charge in [0.15, 0.2) is 5.69 Å². The van der Waals surface area contributed by atoms with E-state index < -0.39 is 17.8 Å². The predicted octanol–water partition coefficient (Wildman–Crippen LogP) is 3.12. The van der Waals surface area contributed by atoms with Crippen LogP contribution in [0.2, 0.25) is 5.02 Å². The molecule has 2 rings (SSSR count). The Morgan fingerprint density at radius 3 is 2.67 bits per heavy atom. The number of carbonyl (C=O) groups excluding carboxylic acids is 1. The molecule has 0 aliphatic rings. The molecule has 0 fully saturated rings. The molecule has 112 valence electrons. The first kappa shape index (κ1) is 15.6. The number of carbonyl (C=O) groups is 1. The minimum Gasteiger partial charge on any atom is -0.323 e. The molecule has 0 saturated heterocycles. The van der Waals surface area contributed by atoms with Crippen LogP contribution in [0.1, 0.15) is 5.69 Å². The van der Waals surface area contributed by atoms with E-state index in [1.54, 1.807) is 0 Å². The molecule has 0 aliphatic heterocycles. The molecule has 0 spiro atoms. The number of alkyl halides is 4. The lowest BCUT2D eigenvalue weighted by Gasteiger charge is -2.10. The Bertz CT molecular complexity index is 672. The molecule has 0 radical (unpaired) electrons. The summed E-state index contributed by atoms with van der Waals surface area (Å²) in [6.07, 6.45) is -3.90. The van der Waals surface area contributed by atoms with Gasteiger partial charge in [-0.1, -0.05) is 16.8 Å². The Hall–Kier alpha value is -1.80. The summed E-state index contributed by atoms with van der Waals surface area (Å²) in [6, 6.07) is 4.22. The van der Waals surface area contributed by atoms with Gasteiger partial charge in [-0.15, -0.1) is 16.7 Å². The maximum atomic E-state index is 12.5. The minimum atomic E-state index is -4.61. The number of aromatic nitrogens is 3. The van der Waals surface area contributed by atoms with Gasteiger partial charge >= 0.3 is 6.18 Å². The zero-order valence-corrected chi connectivity index (χ0v) is 11.7. The molecule has 21 heavy (non-hydrogen) atoms. The van der Waals surface area contributed by atoms with Crippen LogP contribution < -0.4 is 5.32 Å². The van der Waals surface area contributed by atoms with E-state index in [0.717, 1.165) is 4.68 Å². The summed E-state index contributed by atoms with van der Waals surface area (Å²) < 4.78 is 38.5. The highest BCUT2D eigenvalue weighted by atomic mass is 35.5. The molecule has 0 aliphatic carbocycles. The summed E-state index contributed by atoms with van der Waals surface area (Å²) in [5.41, 5.74) is -0.792. The zero-order valence-electron chi connectivity index (χ0n) is 10.2. The second-order valence-corrected chi connectivity index (χ2v) is 4.59. The van der Waals surface area contributed by atoms with Crippen LogP contribution in [0.3, 0.4) is 0 Å². The van der Waals surface area contributed by atoms with Crippen molar-refractivity contribution in [2.75, 3.05) is 11.2 Å². The molecule has 5 nitrogen and oxygen atoms in total. The van der Waals surface area contributed by atoms with Crippen LogP contribution in [-0.2, 0) is 11.0 Å². The van der Waals surface area contributed by atoms with E-state index in [9.17, 15) is 18.0 Å². The van der Waals surface area contributed by atoms with E-state index in [1.807, 2.05) is 0 Å². The highest BCUT2D eigenvalue weighted by Crippen LogP contribution is 2.29. The SMILES string of the molecule is O=C(CCl)Nc1cc(Cl)ccc1-n1cc(C(F)(F)F)nn1. The van der Waals surface area contributed by atoms with Gasteiger partial charge in [0.1, 0.15) is 5.88 Å². The fourth-order valence-corrected chi connectivity index (χ4v) is 1.74. The Balaban J connectivity index is 2.43. The number of nitrogens with zero attached hydrogens (tertiary/aromatic N) is 3. The van der Waals surface area contributed by atoms with Crippen molar-refractivity contribution >= 4 is 34.8 Å². The Morgan fingerprint density at radius 2 is 2.10 bits per heavy atom. The van der Waals surface area contributed by atoms with Crippen LogP contribution in [-0.4, -0.2) is 26.8 Å². The number of hydrogen-bond acceptors (Lipinski definition) is 3. The lowest BCUT2D eigenvalue weighted by Crippen LogP contribution is -2.14. The topological polar surface area (TPSA) is 59.8 Å². The van der Waals surface area contributed by atoms with Crippen LogP contribution in [0.25, 0.3) is 5.69 Å². The highest BCUT2D eigenvalue weighted by molar-refractivity contribution is 6.31. The van der Waals surface area contributed by atoms with Crippen molar-refractivity contribution in [2.24, 2.45) is 0 Å². The van der Waals surface area contributed by atoms with Gasteiger partial charge in [-0.25, -0.2) is 4.68 Å². The number of nitrogens with one attached hydrogen (secondary N) is 1. The van der Waals surface area contributed by atoms with Gasteiger partial charge in [-0.3, -0.25) is 4.79 Å². The van der Waals surface area contributed by atoms with Crippen LogP contribution in [0.4, 0.5) is 18.9 Å². The van der Waals surface area contributed by atoms with Gasteiger partial charge in [0, 0.05) is 5.02 Å². The van der Waals surface area contributed by atoms with Crippen molar-refractivity contribution in [2.45, 2.75) is 6.18 Å². The number of hydrogen-bond donors (Lipinski definition) is 1. The Labute approximate surface area is 126 Å². The van der Waals surface area contributed by atoms with Crippen molar-refractivity contribution in [1.29, 1.82) is 0 Å². The summed E-state index contributed by atoms with van der Waals surface area (Å²) in [4.78, 5) is 11.3. The van der Waals surface area contributed by atoms with E-state index in [1.165, 1.54) is 18.2 Å². The van der Waals surface area contributed by atoms with Crippen molar-refractivity contribution in [3.05, 3.63) is 35.1 Å². The summed E-state index contributed by atoms with van der Waals surface area (Å²) >= 11 is 11.2. The molecule has 1 amide bonds. The van der Waals surface area contributed by atoms with E-state index in [2.05, 4.69) is 15.6 Å². The van der Waals surface area contributed by atoms with E-state index in [0.29, 0.717) is 11.2 Å². The smallest absolute Gasteiger partial charge is 0.323 e. The maximum Gasteiger partial charge on any atom is 0.436 e. The third-order valence-electron chi connectivity index (χ3n) is 2.38. The number of benzene rings is 1. The molecular formula is C11H7Cl2F3N4O. The third kappa shape index (κ3) is 3.64. The monoisotopic (exact) mass is 338 g/mol. The maximum absolute atomic E-state index is 12.5. The lowest BCUT2D eigenvalue weighted by molar-refractivity contribution is -0.141. The number of halogens is 5. The molecule has 0 bridgehead atoms. The predicted molar refractivity (Wildman–Crippen MR) is 70.7 cm³/mol. The van der Waals surface area contributed by atoms with Crippen molar-refractivity contribution in [3.63, 3.8) is 0 Å². The fourth-order valence-electron chi connectivity index (χ4n) is 1.50. The Morgan fingerprint density at radius 1 is 1.38 bits per heavy atom. The van der Waals surface area contributed by atoms with Crippen molar-refractivity contribution < 1.29 is 18.0 Å². The molecular weight excluding hydrogens is 332 g/mol. The molecule has 10 heteroatoms. The second-order valence-electron chi connectivity index (χ2n) is 3.89. The van der Waals surface area contributed by atoms with Crippen LogP contribution in [0.15, 0.2) is 24.4 Å². The molecule has 0 unspecified atom stereocenters. The number of anilines is 1. The molecule has 0 saturated carbocycles. The average molecular weight is 339 g/mol. The molecule has 1 aromatic carbocycles. The average Bonchev–Trinajstić information content (AvgIpc) is 2.88. The summed E-state index contributed by atoms with van der Waals surface area (Å²) in [6.45, 7) is 0. The molecule has 1 aromatic heterocycles. The normalized spacial score (nSPS) is 11.5. The summed E-state index contributed by atoms with van der Waals surface area (Å²) in [7, 11) is 0. The summed E-state index contributed by atoms with van der Waals surface area (Å²) in [5.74, 6) is -0.840. The number of rotatable bonds is 3. The van der Waals surface area contributed by atoms with Crippen LogP contribution >= 0.6 is 23.2 Å². The largest absolute Gasteiger partial charge is 0.436 e. The van der Waals surface area contributed by atoms with E-state index >= 15 is 0 Å². The van der Waals surface area contributed by atoms with Gasteiger partial charge in [-0.2, -0.15) is 13.2 Å². The zero-order chi connectivity index (χ0) is 15.6. The summed E-state index contributed by atoms with van der Waals surface area (Å²) in [5, 5.41) is 9.15. The first-order chi connectivity index (χ1) is 9.81. The van der Waals surface area contributed by atoms with Crippen LogP contribution in [0.5, 0.6) is 0 Å². The first-order valence-electron chi connectivity index (χ1n) is 5.46.